The van der Waals surface area contributed by atoms with Crippen molar-refractivity contribution >= 4 is 5.91 Å². The Morgan fingerprint density at radius 3 is 2.75 bits per heavy atom. The number of benzene rings is 1. The molecule has 1 heterocycles. The normalized spacial score (nSPS) is 17.5. The standard InChI is InChI=1S/C19H30N2O3/c1-3-19(15-22)7-10-21(11-8-19)14-18(23)20-9-12-24-17-6-4-5-16(2)13-17/h4-6,13,22H,3,7-12,14-15H2,1-2H3,(H,20,23). The van der Waals surface area contributed by atoms with Crippen LogP contribution in [0.3, 0.4) is 0 Å². The average Bonchev–Trinajstić information content (AvgIpc) is 2.60. The third-order valence-electron chi connectivity index (χ3n) is 5.05. The van der Waals surface area contributed by atoms with Crippen LogP contribution < -0.4 is 10.1 Å². The van der Waals surface area contributed by atoms with Crippen LogP contribution in [0.15, 0.2) is 24.3 Å². The van der Waals surface area contributed by atoms with Gasteiger partial charge in [-0.15, -0.1) is 0 Å². The maximum absolute atomic E-state index is 12.0. The molecule has 1 aromatic carbocycles. The molecule has 0 unspecified atom stereocenters. The summed E-state index contributed by atoms with van der Waals surface area (Å²) in [7, 11) is 0. The van der Waals surface area contributed by atoms with Gasteiger partial charge in [-0.3, -0.25) is 9.69 Å². The number of likely N-dealkylation sites (tertiary alicyclic amines) is 1. The molecule has 5 nitrogen and oxygen atoms in total. The minimum Gasteiger partial charge on any atom is -0.492 e. The quantitative estimate of drug-likeness (QED) is 0.714. The van der Waals surface area contributed by atoms with E-state index in [0.717, 1.165) is 43.7 Å². The van der Waals surface area contributed by atoms with Gasteiger partial charge in [-0.05, 0) is 62.4 Å². The summed E-state index contributed by atoms with van der Waals surface area (Å²) in [6, 6.07) is 7.89. The van der Waals surface area contributed by atoms with Crippen LogP contribution in [0.1, 0.15) is 31.7 Å². The van der Waals surface area contributed by atoms with Crippen molar-refractivity contribution in [1.82, 2.24) is 10.2 Å². The molecule has 0 saturated carbocycles. The SMILES string of the molecule is CCC1(CO)CCN(CC(=O)NCCOc2cccc(C)c2)CC1. The first-order valence-electron chi connectivity index (χ1n) is 8.86. The first-order chi connectivity index (χ1) is 11.6. The smallest absolute Gasteiger partial charge is 0.234 e. The van der Waals surface area contributed by atoms with Crippen LogP contribution in [-0.2, 0) is 4.79 Å². The van der Waals surface area contributed by atoms with Crippen LogP contribution in [0.25, 0.3) is 0 Å². The van der Waals surface area contributed by atoms with E-state index < -0.39 is 0 Å². The van der Waals surface area contributed by atoms with Crippen molar-refractivity contribution in [2.75, 3.05) is 39.4 Å². The minimum absolute atomic E-state index is 0.0378. The molecule has 0 bridgehead atoms. The van der Waals surface area contributed by atoms with Gasteiger partial charge >= 0.3 is 0 Å². The lowest BCUT2D eigenvalue weighted by Gasteiger charge is -2.39. The van der Waals surface area contributed by atoms with Gasteiger partial charge in [0.25, 0.3) is 0 Å². The van der Waals surface area contributed by atoms with Gasteiger partial charge in [-0.25, -0.2) is 0 Å². The number of amides is 1. The Kier molecular flexibility index (Phi) is 7.06. The summed E-state index contributed by atoms with van der Waals surface area (Å²) in [6.07, 6.45) is 2.92. The molecule has 1 fully saturated rings. The van der Waals surface area contributed by atoms with E-state index in [9.17, 15) is 9.90 Å². The van der Waals surface area contributed by atoms with Gasteiger partial charge in [0.05, 0.1) is 13.1 Å². The molecule has 5 heteroatoms. The number of carbonyl (C=O) groups is 1. The summed E-state index contributed by atoms with van der Waals surface area (Å²) >= 11 is 0. The summed E-state index contributed by atoms with van der Waals surface area (Å²) in [5, 5.41) is 12.5. The van der Waals surface area contributed by atoms with Crippen LogP contribution in [-0.4, -0.2) is 55.3 Å². The first kappa shape index (κ1) is 18.7. The molecular weight excluding hydrogens is 304 g/mol. The number of carbonyl (C=O) groups excluding carboxylic acids is 1. The third kappa shape index (κ3) is 5.49. The van der Waals surface area contributed by atoms with Gasteiger partial charge in [-0.2, -0.15) is 0 Å². The van der Waals surface area contributed by atoms with Crippen LogP contribution in [0.4, 0.5) is 0 Å². The Balaban J connectivity index is 1.62. The fourth-order valence-corrected chi connectivity index (χ4v) is 3.13. The molecule has 2 rings (SSSR count). The van der Waals surface area contributed by atoms with E-state index in [1.165, 1.54) is 0 Å². The van der Waals surface area contributed by atoms with E-state index in [1.54, 1.807) is 0 Å². The van der Waals surface area contributed by atoms with E-state index in [1.807, 2.05) is 31.2 Å². The molecule has 0 spiro atoms. The maximum Gasteiger partial charge on any atom is 0.234 e. The molecule has 24 heavy (non-hydrogen) atoms. The molecule has 1 saturated heterocycles. The summed E-state index contributed by atoms with van der Waals surface area (Å²) < 4.78 is 5.63. The predicted molar refractivity (Wildman–Crippen MR) is 95.2 cm³/mol. The Morgan fingerprint density at radius 2 is 2.12 bits per heavy atom. The van der Waals surface area contributed by atoms with Crippen molar-refractivity contribution < 1.29 is 14.6 Å². The molecule has 2 N–H and O–H groups in total. The van der Waals surface area contributed by atoms with Crippen molar-refractivity contribution in [2.24, 2.45) is 5.41 Å². The van der Waals surface area contributed by atoms with Crippen molar-refractivity contribution in [3.63, 3.8) is 0 Å². The van der Waals surface area contributed by atoms with Gasteiger partial charge in [0.15, 0.2) is 0 Å². The van der Waals surface area contributed by atoms with Crippen molar-refractivity contribution in [1.29, 1.82) is 0 Å². The topological polar surface area (TPSA) is 61.8 Å². The van der Waals surface area contributed by atoms with Gasteiger partial charge in [0, 0.05) is 6.61 Å². The number of nitrogens with zero attached hydrogens (tertiary/aromatic N) is 1. The zero-order chi connectivity index (χ0) is 17.4. The van der Waals surface area contributed by atoms with E-state index >= 15 is 0 Å². The predicted octanol–water partition coefficient (Wildman–Crippen LogP) is 1.97. The average molecular weight is 334 g/mol. The molecule has 0 aromatic heterocycles. The van der Waals surface area contributed by atoms with Crippen molar-refractivity contribution in [3.05, 3.63) is 29.8 Å². The van der Waals surface area contributed by atoms with Crippen LogP contribution in [0, 0.1) is 12.3 Å². The lowest BCUT2D eigenvalue weighted by atomic mass is 9.77. The van der Waals surface area contributed by atoms with Crippen LogP contribution >= 0.6 is 0 Å². The highest BCUT2D eigenvalue weighted by molar-refractivity contribution is 5.78. The number of aliphatic hydroxyl groups excluding tert-OH is 1. The highest BCUT2D eigenvalue weighted by atomic mass is 16.5. The fourth-order valence-electron chi connectivity index (χ4n) is 3.13. The molecule has 0 radical (unpaired) electrons. The highest BCUT2D eigenvalue weighted by Crippen LogP contribution is 2.33. The number of hydrogen-bond acceptors (Lipinski definition) is 4. The van der Waals surface area contributed by atoms with Crippen LogP contribution in [0.2, 0.25) is 0 Å². The summed E-state index contributed by atoms with van der Waals surface area (Å²) in [5.41, 5.74) is 1.22. The van der Waals surface area contributed by atoms with Crippen molar-refractivity contribution in [3.8, 4) is 5.75 Å². The zero-order valence-electron chi connectivity index (χ0n) is 14.9. The maximum atomic E-state index is 12.0. The Bertz CT molecular complexity index is 519. The van der Waals surface area contributed by atoms with Crippen molar-refractivity contribution in [2.45, 2.75) is 33.1 Å². The second-order valence-electron chi connectivity index (χ2n) is 6.80. The third-order valence-corrected chi connectivity index (χ3v) is 5.05. The Morgan fingerprint density at radius 1 is 1.38 bits per heavy atom. The Hall–Kier alpha value is -1.59. The van der Waals surface area contributed by atoms with Gasteiger partial charge in [0.1, 0.15) is 12.4 Å². The van der Waals surface area contributed by atoms with E-state index in [-0.39, 0.29) is 17.9 Å². The van der Waals surface area contributed by atoms with E-state index in [4.69, 9.17) is 4.74 Å². The number of piperidine rings is 1. The molecular formula is C19H30N2O3. The fraction of sp³-hybridized carbons (Fsp3) is 0.632. The largest absolute Gasteiger partial charge is 0.492 e. The van der Waals surface area contributed by atoms with Gasteiger partial charge < -0.3 is 15.2 Å². The molecule has 1 aliphatic heterocycles. The lowest BCUT2D eigenvalue weighted by molar-refractivity contribution is -0.123. The van der Waals surface area contributed by atoms with Gasteiger partial charge in [0.2, 0.25) is 5.91 Å². The Labute approximate surface area is 145 Å². The second-order valence-corrected chi connectivity index (χ2v) is 6.80. The molecule has 1 amide bonds. The minimum atomic E-state index is 0.0378. The first-order valence-corrected chi connectivity index (χ1v) is 8.86. The number of aliphatic hydroxyl groups is 1. The van der Waals surface area contributed by atoms with Crippen LogP contribution in [0.5, 0.6) is 5.75 Å². The second kappa shape index (κ2) is 9.04. The summed E-state index contributed by atoms with van der Waals surface area (Å²) in [5.74, 6) is 0.871. The molecule has 1 aromatic rings. The highest BCUT2D eigenvalue weighted by Gasteiger charge is 2.32. The van der Waals surface area contributed by atoms with E-state index in [0.29, 0.717) is 19.7 Å². The number of hydrogen-bond donors (Lipinski definition) is 2. The monoisotopic (exact) mass is 334 g/mol. The summed E-state index contributed by atoms with van der Waals surface area (Å²) in [6.45, 7) is 7.57. The lowest BCUT2D eigenvalue weighted by Crippen LogP contribution is -2.46. The number of nitrogens with one attached hydrogen (secondary N) is 1. The zero-order valence-corrected chi connectivity index (χ0v) is 14.9. The molecule has 1 aliphatic rings. The van der Waals surface area contributed by atoms with E-state index in [2.05, 4.69) is 17.1 Å². The van der Waals surface area contributed by atoms with Gasteiger partial charge in [-0.1, -0.05) is 19.1 Å². The molecule has 0 atom stereocenters. The number of aryl methyl sites for hydroxylation is 1. The number of rotatable bonds is 8. The molecule has 134 valence electrons. The molecule has 0 aliphatic carbocycles. The number of ether oxygens (including phenoxy) is 1. The summed E-state index contributed by atoms with van der Waals surface area (Å²) in [4.78, 5) is 14.2.